The number of nitrogen functional groups attached to an aromatic ring is 1. The van der Waals surface area contributed by atoms with Crippen molar-refractivity contribution in [3.05, 3.63) is 18.2 Å². The molecule has 1 aromatic carbocycles. The third kappa shape index (κ3) is 3.64. The van der Waals surface area contributed by atoms with Crippen LogP contribution in [0.5, 0.6) is 11.5 Å². The Balaban J connectivity index is 3.07. The highest BCUT2D eigenvalue weighted by atomic mass is 32.3. The number of nitrogens with two attached hydrogens (primary N) is 1. The predicted molar refractivity (Wildman–Crippen MR) is 54.2 cm³/mol. The van der Waals surface area contributed by atoms with Gasteiger partial charge in [-0.1, -0.05) is 0 Å². The van der Waals surface area contributed by atoms with Gasteiger partial charge in [-0.15, -0.1) is 0 Å². The van der Waals surface area contributed by atoms with Gasteiger partial charge in [-0.3, -0.25) is 4.55 Å². The van der Waals surface area contributed by atoms with Crippen molar-refractivity contribution in [3.63, 3.8) is 0 Å². The molecule has 0 aromatic heterocycles. The van der Waals surface area contributed by atoms with Crippen molar-refractivity contribution in [3.8, 4) is 11.5 Å². The molecule has 0 heterocycles. The summed E-state index contributed by atoms with van der Waals surface area (Å²) in [5.74, 6) is 0.0590. The molecule has 0 aliphatic heterocycles. The van der Waals surface area contributed by atoms with E-state index < -0.39 is 10.4 Å². The lowest BCUT2D eigenvalue weighted by Crippen LogP contribution is -2.08. The maximum atomic E-state index is 10.5. The Morgan fingerprint density at radius 1 is 1.40 bits per heavy atom. The lowest BCUT2D eigenvalue weighted by molar-refractivity contribution is 0.319. The first-order chi connectivity index (χ1) is 6.92. The Labute approximate surface area is 87.6 Å². The van der Waals surface area contributed by atoms with Gasteiger partial charge in [0.1, 0.15) is 0 Å². The van der Waals surface area contributed by atoms with Crippen molar-refractivity contribution in [1.29, 1.82) is 0 Å². The van der Waals surface area contributed by atoms with E-state index in [9.17, 15) is 8.42 Å². The highest BCUT2D eigenvalue weighted by Gasteiger charge is 2.12. The molecular formula is C8H11NO5S. The smallest absolute Gasteiger partial charge is 0.446 e. The number of hydrogen-bond donors (Lipinski definition) is 2. The van der Waals surface area contributed by atoms with Gasteiger partial charge in [-0.25, -0.2) is 0 Å². The van der Waals surface area contributed by atoms with Crippen molar-refractivity contribution in [2.75, 3.05) is 12.3 Å². The summed E-state index contributed by atoms with van der Waals surface area (Å²) >= 11 is 0. The van der Waals surface area contributed by atoms with Crippen LogP contribution in [0.3, 0.4) is 0 Å². The van der Waals surface area contributed by atoms with Crippen molar-refractivity contribution < 1.29 is 21.9 Å². The minimum atomic E-state index is -4.57. The van der Waals surface area contributed by atoms with E-state index in [0.29, 0.717) is 12.3 Å². The van der Waals surface area contributed by atoms with E-state index >= 15 is 0 Å². The van der Waals surface area contributed by atoms with Crippen molar-refractivity contribution in [1.82, 2.24) is 0 Å². The van der Waals surface area contributed by atoms with Crippen LogP contribution in [-0.2, 0) is 10.4 Å². The highest BCUT2D eigenvalue weighted by Crippen LogP contribution is 2.30. The molecular weight excluding hydrogens is 222 g/mol. The molecule has 0 fully saturated rings. The molecule has 15 heavy (non-hydrogen) atoms. The largest absolute Gasteiger partial charge is 0.490 e. The third-order valence-corrected chi connectivity index (χ3v) is 1.85. The first-order valence-corrected chi connectivity index (χ1v) is 5.48. The zero-order chi connectivity index (χ0) is 11.5. The molecule has 84 valence electrons. The van der Waals surface area contributed by atoms with Gasteiger partial charge in [0.15, 0.2) is 11.5 Å². The fourth-order valence-corrected chi connectivity index (χ4v) is 1.34. The topological polar surface area (TPSA) is 98.9 Å². The Kier molecular flexibility index (Phi) is 3.38. The van der Waals surface area contributed by atoms with Gasteiger partial charge in [0, 0.05) is 11.8 Å². The molecule has 0 aliphatic rings. The molecule has 0 aliphatic carbocycles. The van der Waals surface area contributed by atoms with E-state index in [-0.39, 0.29) is 11.5 Å². The fraction of sp³-hybridized carbons (Fsp3) is 0.250. The average Bonchev–Trinajstić information content (AvgIpc) is 2.07. The third-order valence-electron chi connectivity index (χ3n) is 1.46. The Bertz CT molecular complexity index is 442. The first-order valence-electron chi connectivity index (χ1n) is 4.11. The monoisotopic (exact) mass is 233 g/mol. The summed E-state index contributed by atoms with van der Waals surface area (Å²) in [5.41, 5.74) is 5.73. The van der Waals surface area contributed by atoms with Gasteiger partial charge in [0.05, 0.1) is 6.61 Å². The molecule has 0 amide bonds. The summed E-state index contributed by atoms with van der Waals surface area (Å²) < 4.78 is 38.9. The van der Waals surface area contributed by atoms with Crippen molar-refractivity contribution in [2.24, 2.45) is 0 Å². The number of ether oxygens (including phenoxy) is 1. The molecule has 0 unspecified atom stereocenters. The van der Waals surface area contributed by atoms with E-state index in [0.717, 1.165) is 0 Å². The number of anilines is 1. The van der Waals surface area contributed by atoms with Gasteiger partial charge in [0.2, 0.25) is 0 Å². The Morgan fingerprint density at radius 3 is 2.60 bits per heavy atom. The normalized spacial score (nSPS) is 11.1. The standard InChI is InChI=1S/C8H11NO5S/c1-2-13-7-4-3-6(9)5-8(7)14-15(10,11)12/h3-5H,2,9H2,1H3,(H,10,11,12). The fourth-order valence-electron chi connectivity index (χ4n) is 0.978. The van der Waals surface area contributed by atoms with E-state index in [1.54, 1.807) is 6.92 Å². The molecule has 0 saturated heterocycles. The summed E-state index contributed by atoms with van der Waals surface area (Å²) in [6.07, 6.45) is 0. The van der Waals surface area contributed by atoms with Crippen LogP contribution in [0, 0.1) is 0 Å². The number of hydrogen-bond acceptors (Lipinski definition) is 5. The zero-order valence-corrected chi connectivity index (χ0v) is 8.82. The van der Waals surface area contributed by atoms with Crippen LogP contribution in [0.15, 0.2) is 18.2 Å². The van der Waals surface area contributed by atoms with Crippen LogP contribution in [0.2, 0.25) is 0 Å². The second-order valence-corrected chi connectivity index (χ2v) is 3.67. The maximum absolute atomic E-state index is 10.5. The second-order valence-electron chi connectivity index (χ2n) is 2.65. The van der Waals surface area contributed by atoms with Crippen LogP contribution >= 0.6 is 0 Å². The summed E-state index contributed by atoms with van der Waals surface area (Å²) in [6, 6.07) is 4.24. The molecule has 6 nitrogen and oxygen atoms in total. The summed E-state index contributed by atoms with van der Waals surface area (Å²) in [6.45, 7) is 2.07. The Morgan fingerprint density at radius 2 is 2.07 bits per heavy atom. The molecule has 0 bridgehead atoms. The van der Waals surface area contributed by atoms with E-state index in [2.05, 4.69) is 4.18 Å². The summed E-state index contributed by atoms with van der Waals surface area (Å²) in [5, 5.41) is 0. The first kappa shape index (κ1) is 11.6. The molecule has 0 spiro atoms. The molecule has 1 aromatic rings. The van der Waals surface area contributed by atoms with Crippen molar-refractivity contribution in [2.45, 2.75) is 6.92 Å². The lowest BCUT2D eigenvalue weighted by Gasteiger charge is -2.09. The molecule has 0 saturated carbocycles. The van der Waals surface area contributed by atoms with E-state index in [1.807, 2.05) is 0 Å². The number of benzene rings is 1. The molecule has 1 rings (SSSR count). The van der Waals surface area contributed by atoms with Gasteiger partial charge in [-0.2, -0.15) is 8.42 Å². The van der Waals surface area contributed by atoms with E-state index in [4.69, 9.17) is 15.0 Å². The second kappa shape index (κ2) is 4.37. The quantitative estimate of drug-likeness (QED) is 0.590. The molecule has 7 heteroatoms. The number of rotatable bonds is 4. The summed E-state index contributed by atoms with van der Waals surface area (Å²) in [4.78, 5) is 0. The van der Waals surface area contributed by atoms with E-state index in [1.165, 1.54) is 18.2 Å². The lowest BCUT2D eigenvalue weighted by atomic mass is 10.3. The minimum absolute atomic E-state index is 0.139. The van der Waals surface area contributed by atoms with Gasteiger partial charge < -0.3 is 14.7 Å². The molecule has 0 atom stereocenters. The van der Waals surface area contributed by atoms with Crippen LogP contribution in [0.25, 0.3) is 0 Å². The van der Waals surface area contributed by atoms with Gasteiger partial charge in [-0.05, 0) is 19.1 Å². The van der Waals surface area contributed by atoms with Crippen LogP contribution < -0.4 is 14.7 Å². The van der Waals surface area contributed by atoms with Crippen LogP contribution in [0.1, 0.15) is 6.92 Å². The van der Waals surface area contributed by atoms with Crippen molar-refractivity contribution >= 4 is 16.1 Å². The Hall–Kier alpha value is -1.47. The predicted octanol–water partition coefficient (Wildman–Crippen LogP) is 0.849. The van der Waals surface area contributed by atoms with Gasteiger partial charge >= 0.3 is 10.4 Å². The van der Waals surface area contributed by atoms with Gasteiger partial charge in [0.25, 0.3) is 0 Å². The SMILES string of the molecule is CCOc1ccc(N)cc1OS(=O)(=O)O. The summed E-state index contributed by atoms with van der Waals surface area (Å²) in [7, 11) is -4.57. The zero-order valence-electron chi connectivity index (χ0n) is 8.00. The maximum Gasteiger partial charge on any atom is 0.446 e. The minimum Gasteiger partial charge on any atom is -0.490 e. The van der Waals surface area contributed by atoms with Crippen LogP contribution in [0.4, 0.5) is 5.69 Å². The molecule has 0 radical (unpaired) electrons. The highest BCUT2D eigenvalue weighted by molar-refractivity contribution is 7.81. The van der Waals surface area contributed by atoms with Crippen LogP contribution in [-0.4, -0.2) is 19.6 Å². The molecule has 3 N–H and O–H groups in total. The average molecular weight is 233 g/mol.